The van der Waals surface area contributed by atoms with Gasteiger partial charge in [-0.3, -0.25) is 0 Å². The van der Waals surface area contributed by atoms with E-state index in [1.54, 1.807) is 18.4 Å². The lowest BCUT2D eigenvalue weighted by molar-refractivity contribution is 0.257. The minimum Gasteiger partial charge on any atom is -0.496 e. The fourth-order valence-corrected chi connectivity index (χ4v) is 3.85. The van der Waals surface area contributed by atoms with E-state index >= 15 is 0 Å². The lowest BCUT2D eigenvalue weighted by Gasteiger charge is -2.38. The van der Waals surface area contributed by atoms with E-state index < -0.39 is 0 Å². The number of methoxy groups -OCH3 is 1. The van der Waals surface area contributed by atoms with Gasteiger partial charge in [-0.1, -0.05) is 25.1 Å². The first-order valence-corrected chi connectivity index (χ1v) is 8.48. The summed E-state index contributed by atoms with van der Waals surface area (Å²) in [6, 6.07) is 9.37. The third kappa shape index (κ3) is 3.11. The molecule has 0 spiro atoms. The number of aromatic nitrogens is 1. The highest BCUT2D eigenvalue weighted by Gasteiger charge is 2.33. The lowest BCUT2D eigenvalue weighted by Crippen LogP contribution is -2.42. The summed E-state index contributed by atoms with van der Waals surface area (Å²) in [4.78, 5) is 4.44. The molecule has 1 fully saturated rings. The van der Waals surface area contributed by atoms with Crippen LogP contribution in [0.1, 0.15) is 48.7 Å². The summed E-state index contributed by atoms with van der Waals surface area (Å²) < 4.78 is 5.47. The Balaban J connectivity index is 1.58. The molecule has 2 aromatic rings. The Kier molecular flexibility index (Phi) is 4.56. The van der Waals surface area contributed by atoms with Crippen LogP contribution in [0.25, 0.3) is 0 Å². The molecule has 3 rings (SSSR count). The van der Waals surface area contributed by atoms with Crippen molar-refractivity contribution in [2.45, 2.75) is 44.2 Å². The summed E-state index contributed by atoms with van der Waals surface area (Å²) in [6.07, 6.45) is 5.34. The Morgan fingerprint density at radius 1 is 1.38 bits per heavy atom. The number of hydrogen-bond donors (Lipinski definition) is 1. The van der Waals surface area contributed by atoms with Gasteiger partial charge in [0.25, 0.3) is 0 Å². The molecule has 1 unspecified atom stereocenters. The number of nitrogens with zero attached hydrogens (tertiary/aromatic N) is 1. The molecule has 4 heteroatoms. The molecular formula is C17H22N2OS. The molecule has 1 aromatic carbocycles. The maximum Gasteiger partial charge on any atom is 0.122 e. The van der Waals surface area contributed by atoms with Crippen LogP contribution < -0.4 is 10.1 Å². The minimum atomic E-state index is 0.397. The molecule has 1 heterocycles. The second-order valence-electron chi connectivity index (χ2n) is 5.61. The molecule has 112 valence electrons. The van der Waals surface area contributed by atoms with E-state index in [9.17, 15) is 0 Å². The summed E-state index contributed by atoms with van der Waals surface area (Å²) in [7, 11) is 1.75. The molecule has 0 bridgehead atoms. The maximum absolute atomic E-state index is 5.47. The van der Waals surface area contributed by atoms with Gasteiger partial charge in [-0.15, -0.1) is 11.3 Å². The van der Waals surface area contributed by atoms with Gasteiger partial charge in [0.05, 0.1) is 13.2 Å². The molecule has 0 radical (unpaired) electrons. The van der Waals surface area contributed by atoms with E-state index in [1.807, 2.05) is 12.3 Å². The van der Waals surface area contributed by atoms with Gasteiger partial charge in [-0.2, -0.15) is 0 Å². The molecule has 1 aliphatic rings. The van der Waals surface area contributed by atoms with Crippen LogP contribution in [0.15, 0.2) is 35.8 Å². The minimum absolute atomic E-state index is 0.397. The monoisotopic (exact) mass is 302 g/mol. The predicted molar refractivity (Wildman–Crippen MR) is 87.0 cm³/mol. The number of para-hydroxylation sites is 1. The number of hydrogen-bond acceptors (Lipinski definition) is 4. The van der Waals surface area contributed by atoms with Crippen molar-refractivity contribution in [3.63, 3.8) is 0 Å². The SMILES string of the molecule is CCC(NC1CC(c2ccccc2OC)C1)c1nccs1. The molecular weight excluding hydrogens is 280 g/mol. The van der Waals surface area contributed by atoms with Gasteiger partial charge in [0, 0.05) is 17.6 Å². The molecule has 1 N–H and O–H groups in total. The number of rotatable bonds is 6. The topological polar surface area (TPSA) is 34.1 Å². The van der Waals surface area contributed by atoms with Crippen molar-refractivity contribution in [3.05, 3.63) is 46.4 Å². The predicted octanol–water partition coefficient (Wildman–Crippen LogP) is 4.14. The van der Waals surface area contributed by atoms with Crippen LogP contribution in [0.3, 0.4) is 0 Å². The van der Waals surface area contributed by atoms with Crippen molar-refractivity contribution in [3.8, 4) is 5.75 Å². The Morgan fingerprint density at radius 3 is 2.86 bits per heavy atom. The van der Waals surface area contributed by atoms with Crippen LogP contribution in [0.5, 0.6) is 5.75 Å². The first-order valence-electron chi connectivity index (χ1n) is 7.60. The van der Waals surface area contributed by atoms with Crippen LogP contribution >= 0.6 is 11.3 Å². The van der Waals surface area contributed by atoms with Gasteiger partial charge in [0.2, 0.25) is 0 Å². The Hall–Kier alpha value is -1.39. The van der Waals surface area contributed by atoms with Crippen LogP contribution in [0, 0.1) is 0 Å². The fourth-order valence-electron chi connectivity index (χ4n) is 3.07. The van der Waals surface area contributed by atoms with E-state index in [0.29, 0.717) is 18.0 Å². The van der Waals surface area contributed by atoms with Gasteiger partial charge in [-0.25, -0.2) is 4.98 Å². The van der Waals surface area contributed by atoms with Gasteiger partial charge in [0.15, 0.2) is 0 Å². The van der Waals surface area contributed by atoms with Crippen molar-refractivity contribution in [1.82, 2.24) is 10.3 Å². The van der Waals surface area contributed by atoms with E-state index in [2.05, 4.69) is 40.8 Å². The van der Waals surface area contributed by atoms with Crippen molar-refractivity contribution in [1.29, 1.82) is 0 Å². The zero-order valence-electron chi connectivity index (χ0n) is 12.6. The Morgan fingerprint density at radius 2 is 2.19 bits per heavy atom. The zero-order valence-corrected chi connectivity index (χ0v) is 13.4. The molecule has 21 heavy (non-hydrogen) atoms. The van der Waals surface area contributed by atoms with Gasteiger partial charge >= 0.3 is 0 Å². The number of nitrogens with one attached hydrogen (secondary N) is 1. The second-order valence-corrected chi connectivity index (χ2v) is 6.53. The van der Waals surface area contributed by atoms with Crippen LogP contribution in [0.2, 0.25) is 0 Å². The highest BCUT2D eigenvalue weighted by molar-refractivity contribution is 7.09. The number of ether oxygens (including phenoxy) is 1. The van der Waals surface area contributed by atoms with Gasteiger partial charge < -0.3 is 10.1 Å². The number of benzene rings is 1. The van der Waals surface area contributed by atoms with E-state index in [-0.39, 0.29) is 0 Å². The first kappa shape index (κ1) is 14.5. The van der Waals surface area contributed by atoms with E-state index in [0.717, 1.165) is 12.2 Å². The van der Waals surface area contributed by atoms with E-state index in [1.165, 1.54) is 23.4 Å². The van der Waals surface area contributed by atoms with Gasteiger partial charge in [0.1, 0.15) is 10.8 Å². The highest BCUT2D eigenvalue weighted by Crippen LogP contribution is 2.41. The van der Waals surface area contributed by atoms with Crippen molar-refractivity contribution >= 4 is 11.3 Å². The summed E-state index contributed by atoms with van der Waals surface area (Å²) in [5.74, 6) is 1.64. The van der Waals surface area contributed by atoms with Crippen molar-refractivity contribution in [2.75, 3.05) is 7.11 Å². The summed E-state index contributed by atoms with van der Waals surface area (Å²) in [5.41, 5.74) is 1.35. The molecule has 0 amide bonds. The zero-order chi connectivity index (χ0) is 14.7. The molecule has 3 nitrogen and oxygen atoms in total. The first-order chi connectivity index (χ1) is 10.3. The lowest BCUT2D eigenvalue weighted by atomic mass is 9.75. The maximum atomic E-state index is 5.47. The molecule has 1 saturated carbocycles. The average molecular weight is 302 g/mol. The van der Waals surface area contributed by atoms with Gasteiger partial charge in [-0.05, 0) is 36.8 Å². The third-order valence-electron chi connectivity index (χ3n) is 4.31. The van der Waals surface area contributed by atoms with E-state index in [4.69, 9.17) is 4.74 Å². The molecule has 1 aliphatic carbocycles. The average Bonchev–Trinajstić information content (AvgIpc) is 3.00. The molecule has 1 atom stereocenters. The third-order valence-corrected chi connectivity index (χ3v) is 5.20. The largest absolute Gasteiger partial charge is 0.496 e. The molecule has 0 aliphatic heterocycles. The quantitative estimate of drug-likeness (QED) is 0.871. The van der Waals surface area contributed by atoms with Crippen LogP contribution in [-0.4, -0.2) is 18.1 Å². The van der Waals surface area contributed by atoms with Crippen molar-refractivity contribution in [2.24, 2.45) is 0 Å². The van der Waals surface area contributed by atoms with Crippen molar-refractivity contribution < 1.29 is 4.74 Å². The normalized spacial score (nSPS) is 22.6. The summed E-state index contributed by atoms with van der Waals surface area (Å²) in [5, 5.41) is 7.01. The summed E-state index contributed by atoms with van der Waals surface area (Å²) >= 11 is 1.74. The van der Waals surface area contributed by atoms with Crippen LogP contribution in [-0.2, 0) is 0 Å². The Labute approximate surface area is 130 Å². The number of thiazole rings is 1. The molecule has 0 saturated heterocycles. The smallest absolute Gasteiger partial charge is 0.122 e. The summed E-state index contributed by atoms with van der Waals surface area (Å²) in [6.45, 7) is 2.22. The standard InChI is InChI=1S/C17H22N2OS/c1-3-15(17-18-8-9-21-17)19-13-10-12(11-13)14-6-4-5-7-16(14)20-2/h4-9,12-13,15,19H,3,10-11H2,1-2H3. The second kappa shape index (κ2) is 6.58. The fraction of sp³-hybridized carbons (Fsp3) is 0.471. The Bertz CT molecular complexity index is 564. The highest BCUT2D eigenvalue weighted by atomic mass is 32.1. The molecule has 1 aromatic heterocycles. The van der Waals surface area contributed by atoms with Crippen LogP contribution in [0.4, 0.5) is 0 Å².